The van der Waals surface area contributed by atoms with Crippen LogP contribution in [0.1, 0.15) is 12.8 Å². The smallest absolute Gasteiger partial charge is 0.240 e. The molecule has 19 heavy (non-hydrogen) atoms. The summed E-state index contributed by atoms with van der Waals surface area (Å²) in [5.41, 5.74) is 5.94. The molecule has 0 amide bonds. The van der Waals surface area contributed by atoms with Crippen molar-refractivity contribution in [1.82, 2.24) is 9.62 Å². The minimum absolute atomic E-state index is 0.146. The van der Waals surface area contributed by atoms with Gasteiger partial charge < -0.3 is 10.6 Å². The highest BCUT2D eigenvalue weighted by molar-refractivity contribution is 7.89. The molecule has 0 aliphatic carbocycles. The first-order valence-corrected chi connectivity index (χ1v) is 8.01. The van der Waals surface area contributed by atoms with Crippen LogP contribution in [0.2, 0.25) is 5.02 Å². The molecule has 1 unspecified atom stereocenters. The molecule has 0 bridgehead atoms. The third-order valence-electron chi connectivity index (χ3n) is 3.46. The third kappa shape index (κ3) is 3.39. The van der Waals surface area contributed by atoms with Crippen molar-refractivity contribution in [2.75, 3.05) is 25.9 Å². The van der Waals surface area contributed by atoms with Crippen LogP contribution >= 0.6 is 11.6 Å². The van der Waals surface area contributed by atoms with Gasteiger partial charge in [0.1, 0.15) is 0 Å². The Labute approximate surface area is 118 Å². The maximum absolute atomic E-state index is 12.1. The summed E-state index contributed by atoms with van der Waals surface area (Å²) in [6, 6.07) is 4.59. The first kappa shape index (κ1) is 14.6. The molecule has 0 radical (unpaired) electrons. The van der Waals surface area contributed by atoms with E-state index in [9.17, 15) is 8.42 Å². The first-order chi connectivity index (χ1) is 8.90. The molecule has 106 valence electrons. The van der Waals surface area contributed by atoms with Gasteiger partial charge in [0.15, 0.2) is 0 Å². The van der Waals surface area contributed by atoms with E-state index in [2.05, 4.69) is 9.62 Å². The number of sulfonamides is 1. The third-order valence-corrected chi connectivity index (χ3v) is 5.21. The zero-order chi connectivity index (χ0) is 14.0. The van der Waals surface area contributed by atoms with E-state index in [4.69, 9.17) is 17.3 Å². The van der Waals surface area contributed by atoms with Gasteiger partial charge in [-0.1, -0.05) is 11.6 Å². The number of likely N-dealkylation sites (tertiary alicyclic amines) is 1. The summed E-state index contributed by atoms with van der Waals surface area (Å²) in [6.45, 7) is 1.43. The molecule has 1 aliphatic heterocycles. The van der Waals surface area contributed by atoms with E-state index in [-0.39, 0.29) is 16.0 Å². The van der Waals surface area contributed by atoms with Crippen LogP contribution in [0.5, 0.6) is 0 Å². The van der Waals surface area contributed by atoms with Crippen LogP contribution in [-0.2, 0) is 10.0 Å². The van der Waals surface area contributed by atoms with E-state index in [1.165, 1.54) is 18.2 Å². The molecule has 5 nitrogen and oxygen atoms in total. The summed E-state index contributed by atoms with van der Waals surface area (Å²) in [6.07, 6.45) is 2.12. The zero-order valence-electron chi connectivity index (χ0n) is 10.8. The Hall–Kier alpha value is -0.820. The van der Waals surface area contributed by atoms with Crippen molar-refractivity contribution in [1.29, 1.82) is 0 Å². The molecular weight excluding hydrogens is 286 g/mol. The molecule has 1 fully saturated rings. The second kappa shape index (κ2) is 5.66. The van der Waals surface area contributed by atoms with Crippen LogP contribution in [0.3, 0.4) is 0 Å². The second-order valence-electron chi connectivity index (χ2n) is 4.81. The van der Waals surface area contributed by atoms with Crippen molar-refractivity contribution in [3.63, 3.8) is 0 Å². The van der Waals surface area contributed by atoms with Crippen LogP contribution in [0.4, 0.5) is 5.69 Å². The van der Waals surface area contributed by atoms with E-state index >= 15 is 0 Å². The lowest BCUT2D eigenvalue weighted by atomic mass is 10.2. The molecule has 1 saturated heterocycles. The molecule has 1 aromatic rings. The molecule has 1 aliphatic rings. The summed E-state index contributed by atoms with van der Waals surface area (Å²) in [4.78, 5) is 2.31. The average Bonchev–Trinajstić information content (AvgIpc) is 2.76. The van der Waals surface area contributed by atoms with Crippen molar-refractivity contribution in [3.05, 3.63) is 23.2 Å². The second-order valence-corrected chi connectivity index (χ2v) is 6.99. The lowest BCUT2D eigenvalue weighted by molar-refractivity contribution is 0.311. The van der Waals surface area contributed by atoms with E-state index in [1.54, 1.807) is 0 Å². The highest BCUT2D eigenvalue weighted by Crippen LogP contribution is 2.22. The van der Waals surface area contributed by atoms with Gasteiger partial charge in [0.05, 0.1) is 15.6 Å². The molecule has 0 spiro atoms. The molecule has 0 aromatic heterocycles. The Morgan fingerprint density at radius 3 is 2.84 bits per heavy atom. The topological polar surface area (TPSA) is 75.4 Å². The van der Waals surface area contributed by atoms with Crippen LogP contribution in [0, 0.1) is 0 Å². The monoisotopic (exact) mass is 303 g/mol. The Balaban J connectivity index is 2.07. The van der Waals surface area contributed by atoms with Gasteiger partial charge in [-0.15, -0.1) is 0 Å². The summed E-state index contributed by atoms with van der Waals surface area (Å²) >= 11 is 5.84. The summed E-state index contributed by atoms with van der Waals surface area (Å²) in [5, 5.41) is 0.251. The highest BCUT2D eigenvalue weighted by Gasteiger charge is 2.23. The first-order valence-electron chi connectivity index (χ1n) is 6.15. The minimum Gasteiger partial charge on any atom is -0.398 e. The van der Waals surface area contributed by atoms with Crippen LogP contribution in [0.25, 0.3) is 0 Å². The van der Waals surface area contributed by atoms with E-state index < -0.39 is 10.0 Å². The number of nitrogens with zero attached hydrogens (tertiary/aromatic N) is 1. The number of hydrogen-bond acceptors (Lipinski definition) is 4. The van der Waals surface area contributed by atoms with Crippen molar-refractivity contribution in [2.24, 2.45) is 0 Å². The SMILES string of the molecule is CN1CCCC1CNS(=O)(=O)c1ccc(N)c(Cl)c1. The number of nitrogens with two attached hydrogens (primary N) is 1. The molecule has 1 heterocycles. The maximum atomic E-state index is 12.1. The van der Waals surface area contributed by atoms with Crippen LogP contribution in [0.15, 0.2) is 23.1 Å². The average molecular weight is 304 g/mol. The molecule has 7 heteroatoms. The van der Waals surface area contributed by atoms with Gasteiger partial charge in [-0.2, -0.15) is 0 Å². The molecular formula is C12H18ClN3O2S. The lowest BCUT2D eigenvalue weighted by Gasteiger charge is -2.19. The van der Waals surface area contributed by atoms with E-state index in [0.29, 0.717) is 12.2 Å². The normalized spacial score (nSPS) is 20.8. The van der Waals surface area contributed by atoms with Gasteiger partial charge in [-0.05, 0) is 44.6 Å². The fraction of sp³-hybridized carbons (Fsp3) is 0.500. The maximum Gasteiger partial charge on any atom is 0.240 e. The van der Waals surface area contributed by atoms with Gasteiger partial charge in [-0.3, -0.25) is 0 Å². The largest absolute Gasteiger partial charge is 0.398 e. The molecule has 1 atom stereocenters. The van der Waals surface area contributed by atoms with Crippen LogP contribution in [-0.4, -0.2) is 39.5 Å². The Bertz CT molecular complexity index is 562. The Morgan fingerprint density at radius 1 is 1.53 bits per heavy atom. The van der Waals surface area contributed by atoms with E-state index in [0.717, 1.165) is 19.4 Å². The number of nitrogens with one attached hydrogen (secondary N) is 1. The summed E-state index contributed by atoms with van der Waals surface area (Å²) in [7, 11) is -1.52. The predicted octanol–water partition coefficient (Wildman–Crippen LogP) is 1.29. The number of benzene rings is 1. The van der Waals surface area contributed by atoms with Crippen molar-refractivity contribution < 1.29 is 8.42 Å². The van der Waals surface area contributed by atoms with Crippen molar-refractivity contribution in [2.45, 2.75) is 23.8 Å². The lowest BCUT2D eigenvalue weighted by Crippen LogP contribution is -2.38. The van der Waals surface area contributed by atoms with Gasteiger partial charge in [0.25, 0.3) is 0 Å². The van der Waals surface area contributed by atoms with Gasteiger partial charge in [-0.25, -0.2) is 13.1 Å². The Kier molecular flexibility index (Phi) is 4.35. The molecule has 0 saturated carbocycles. The van der Waals surface area contributed by atoms with E-state index in [1.807, 2.05) is 7.05 Å². The van der Waals surface area contributed by atoms with Gasteiger partial charge in [0, 0.05) is 12.6 Å². The summed E-state index contributed by atoms with van der Waals surface area (Å²) in [5.74, 6) is 0. The van der Waals surface area contributed by atoms with Crippen LogP contribution < -0.4 is 10.5 Å². The molecule has 2 rings (SSSR count). The van der Waals surface area contributed by atoms with Crippen molar-refractivity contribution >= 4 is 27.3 Å². The van der Waals surface area contributed by atoms with Gasteiger partial charge in [0.2, 0.25) is 10.0 Å². The molecule has 1 aromatic carbocycles. The number of halogens is 1. The number of likely N-dealkylation sites (N-methyl/N-ethyl adjacent to an activating group) is 1. The highest BCUT2D eigenvalue weighted by atomic mass is 35.5. The standard InChI is InChI=1S/C12H18ClN3O2S/c1-16-6-2-3-9(16)8-15-19(17,18)10-4-5-12(14)11(13)7-10/h4-5,7,9,15H,2-3,6,8,14H2,1H3. The summed E-state index contributed by atoms with van der Waals surface area (Å²) < 4.78 is 26.9. The fourth-order valence-electron chi connectivity index (χ4n) is 2.20. The number of nitrogen functional groups attached to an aromatic ring is 1. The minimum atomic E-state index is -3.53. The molecule has 3 N–H and O–H groups in total. The Morgan fingerprint density at radius 2 is 2.26 bits per heavy atom. The van der Waals surface area contributed by atoms with Crippen molar-refractivity contribution in [3.8, 4) is 0 Å². The zero-order valence-corrected chi connectivity index (χ0v) is 12.3. The predicted molar refractivity (Wildman–Crippen MR) is 76.7 cm³/mol. The number of hydrogen-bond donors (Lipinski definition) is 2. The quantitative estimate of drug-likeness (QED) is 0.822. The van der Waals surface area contributed by atoms with Gasteiger partial charge >= 0.3 is 0 Å². The number of rotatable bonds is 4. The fourth-order valence-corrected chi connectivity index (χ4v) is 3.55. The number of anilines is 1.